The molecule has 1 heterocycles. The van der Waals surface area contributed by atoms with Crippen molar-refractivity contribution in [1.82, 2.24) is 5.32 Å². The molecule has 0 fully saturated rings. The van der Waals surface area contributed by atoms with Crippen LogP contribution in [0.25, 0.3) is 0 Å². The molecule has 0 radical (unpaired) electrons. The molecule has 2 N–H and O–H groups in total. The van der Waals surface area contributed by atoms with E-state index in [-0.39, 0.29) is 17.8 Å². The quantitative estimate of drug-likeness (QED) is 0.868. The molecule has 3 nitrogen and oxygen atoms in total. The molecule has 1 aromatic rings. The lowest BCUT2D eigenvalue weighted by Crippen LogP contribution is -2.33. The Kier molecular flexibility index (Phi) is 5.28. The fourth-order valence-corrected chi connectivity index (χ4v) is 3.52. The average Bonchev–Trinajstić information content (AvgIpc) is 2.44. The molecular formula is C15H21NO2S. The lowest BCUT2D eigenvalue weighted by atomic mass is 10.0. The summed E-state index contributed by atoms with van der Waals surface area (Å²) in [4.78, 5) is 12.3. The minimum Gasteiger partial charge on any atom is -0.396 e. The molecule has 104 valence electrons. The van der Waals surface area contributed by atoms with Crippen LogP contribution in [0.1, 0.15) is 29.7 Å². The van der Waals surface area contributed by atoms with Gasteiger partial charge in [-0.2, -0.15) is 0 Å². The fourth-order valence-electron chi connectivity index (χ4n) is 2.30. The number of aliphatic hydroxyl groups is 1. The topological polar surface area (TPSA) is 49.3 Å². The molecular weight excluding hydrogens is 258 g/mol. The van der Waals surface area contributed by atoms with Crippen LogP contribution in [0.3, 0.4) is 0 Å². The number of hydrogen-bond donors (Lipinski definition) is 2. The molecule has 1 aliphatic rings. The number of amides is 1. The van der Waals surface area contributed by atoms with Crippen LogP contribution in [-0.2, 0) is 11.2 Å². The van der Waals surface area contributed by atoms with E-state index in [2.05, 4.69) is 17.4 Å². The van der Waals surface area contributed by atoms with Crippen molar-refractivity contribution in [2.24, 2.45) is 5.92 Å². The van der Waals surface area contributed by atoms with Crippen molar-refractivity contribution in [3.63, 3.8) is 0 Å². The van der Waals surface area contributed by atoms with Crippen molar-refractivity contribution >= 4 is 17.7 Å². The first kappa shape index (κ1) is 14.4. The number of thioether (sulfide) groups is 1. The predicted molar refractivity (Wildman–Crippen MR) is 79.2 cm³/mol. The van der Waals surface area contributed by atoms with Crippen LogP contribution in [-0.4, -0.2) is 29.9 Å². The molecule has 1 amide bonds. The van der Waals surface area contributed by atoms with E-state index in [1.54, 1.807) is 11.8 Å². The molecule has 0 saturated carbocycles. The third-order valence-electron chi connectivity index (χ3n) is 3.48. The molecule has 0 aliphatic carbocycles. The molecule has 0 saturated heterocycles. The summed E-state index contributed by atoms with van der Waals surface area (Å²) in [5, 5.41) is 11.8. The standard InChI is InChI=1S/C15H21NO2S/c1-11(6-8-17)10-16-15(18)14-13-5-3-2-4-12(13)7-9-19-14/h2-5,11,14,17H,6-10H2,1H3,(H,16,18). The SMILES string of the molecule is CC(CCO)CNC(=O)C1SCCc2ccccc21. The van der Waals surface area contributed by atoms with Crippen LogP contribution >= 0.6 is 11.8 Å². The number of nitrogens with one attached hydrogen (secondary N) is 1. The normalized spacial score (nSPS) is 19.6. The number of hydrogen-bond acceptors (Lipinski definition) is 3. The summed E-state index contributed by atoms with van der Waals surface area (Å²) in [6.07, 6.45) is 1.78. The van der Waals surface area contributed by atoms with Gasteiger partial charge >= 0.3 is 0 Å². The first-order valence-electron chi connectivity index (χ1n) is 6.80. The second-order valence-electron chi connectivity index (χ2n) is 5.06. The Morgan fingerprint density at radius 1 is 1.53 bits per heavy atom. The lowest BCUT2D eigenvalue weighted by Gasteiger charge is -2.24. The summed E-state index contributed by atoms with van der Waals surface area (Å²) in [6.45, 7) is 2.86. The molecule has 0 aromatic heterocycles. The van der Waals surface area contributed by atoms with Crippen LogP contribution in [0.5, 0.6) is 0 Å². The van der Waals surface area contributed by atoms with E-state index in [4.69, 9.17) is 5.11 Å². The van der Waals surface area contributed by atoms with E-state index >= 15 is 0 Å². The summed E-state index contributed by atoms with van der Waals surface area (Å²) >= 11 is 1.72. The minimum absolute atomic E-state index is 0.0775. The second-order valence-corrected chi connectivity index (χ2v) is 6.28. The molecule has 2 atom stereocenters. The fraction of sp³-hybridized carbons (Fsp3) is 0.533. The van der Waals surface area contributed by atoms with Crippen LogP contribution in [0.2, 0.25) is 0 Å². The number of carbonyl (C=O) groups is 1. The number of aliphatic hydroxyl groups excluding tert-OH is 1. The summed E-state index contributed by atoms with van der Waals surface area (Å²) in [5.41, 5.74) is 2.45. The molecule has 1 aliphatic heterocycles. The van der Waals surface area contributed by atoms with Gasteiger partial charge in [0.15, 0.2) is 0 Å². The number of fused-ring (bicyclic) bond motifs is 1. The van der Waals surface area contributed by atoms with Crippen molar-refractivity contribution in [3.05, 3.63) is 35.4 Å². The molecule has 4 heteroatoms. The van der Waals surface area contributed by atoms with Gasteiger partial charge in [0.2, 0.25) is 5.91 Å². The van der Waals surface area contributed by atoms with Gasteiger partial charge < -0.3 is 10.4 Å². The van der Waals surface area contributed by atoms with Crippen LogP contribution in [0.15, 0.2) is 24.3 Å². The van der Waals surface area contributed by atoms with Gasteiger partial charge in [-0.05, 0) is 35.6 Å². The minimum atomic E-state index is -0.0775. The Morgan fingerprint density at radius 2 is 2.32 bits per heavy atom. The number of rotatable bonds is 5. The number of benzene rings is 1. The van der Waals surface area contributed by atoms with E-state index in [1.807, 2.05) is 19.1 Å². The molecule has 19 heavy (non-hydrogen) atoms. The highest BCUT2D eigenvalue weighted by atomic mass is 32.2. The molecule has 0 spiro atoms. The van der Waals surface area contributed by atoms with E-state index in [9.17, 15) is 4.79 Å². The zero-order valence-corrected chi connectivity index (χ0v) is 12.1. The van der Waals surface area contributed by atoms with Gasteiger partial charge in [-0.25, -0.2) is 0 Å². The van der Waals surface area contributed by atoms with Crippen molar-refractivity contribution in [2.45, 2.75) is 25.0 Å². The highest BCUT2D eigenvalue weighted by Crippen LogP contribution is 2.36. The van der Waals surface area contributed by atoms with Crippen LogP contribution in [0, 0.1) is 5.92 Å². The third kappa shape index (κ3) is 3.74. The van der Waals surface area contributed by atoms with Crippen LogP contribution < -0.4 is 5.32 Å². The zero-order chi connectivity index (χ0) is 13.7. The first-order chi connectivity index (χ1) is 9.22. The summed E-state index contributed by atoms with van der Waals surface area (Å²) in [5.74, 6) is 1.42. The highest BCUT2D eigenvalue weighted by Gasteiger charge is 2.26. The summed E-state index contributed by atoms with van der Waals surface area (Å²) < 4.78 is 0. The van der Waals surface area contributed by atoms with Gasteiger partial charge in [0, 0.05) is 13.2 Å². The molecule has 0 bridgehead atoms. The molecule has 2 unspecified atom stereocenters. The maximum atomic E-state index is 12.3. The van der Waals surface area contributed by atoms with E-state index in [1.165, 1.54) is 5.56 Å². The van der Waals surface area contributed by atoms with Gasteiger partial charge in [-0.1, -0.05) is 31.2 Å². The van der Waals surface area contributed by atoms with Crippen molar-refractivity contribution in [1.29, 1.82) is 0 Å². The van der Waals surface area contributed by atoms with Gasteiger partial charge in [0.1, 0.15) is 5.25 Å². The third-order valence-corrected chi connectivity index (χ3v) is 4.72. The lowest BCUT2D eigenvalue weighted by molar-refractivity contribution is -0.120. The van der Waals surface area contributed by atoms with Gasteiger partial charge in [0.05, 0.1) is 0 Å². The van der Waals surface area contributed by atoms with E-state index < -0.39 is 0 Å². The molecule has 2 rings (SSSR count). The molecule has 1 aromatic carbocycles. The Bertz CT molecular complexity index is 436. The summed E-state index contributed by atoms with van der Waals surface area (Å²) in [6, 6.07) is 8.21. The Hall–Kier alpha value is -1.00. The second kappa shape index (κ2) is 6.96. The van der Waals surface area contributed by atoms with Crippen molar-refractivity contribution in [3.8, 4) is 0 Å². The largest absolute Gasteiger partial charge is 0.396 e. The smallest absolute Gasteiger partial charge is 0.237 e. The Labute approximate surface area is 118 Å². The predicted octanol–water partition coefficient (Wildman–Crippen LogP) is 2.15. The van der Waals surface area contributed by atoms with Crippen molar-refractivity contribution in [2.75, 3.05) is 18.9 Å². The van der Waals surface area contributed by atoms with E-state index in [0.717, 1.165) is 24.2 Å². The Balaban J connectivity index is 1.97. The monoisotopic (exact) mass is 279 g/mol. The van der Waals surface area contributed by atoms with E-state index in [0.29, 0.717) is 12.5 Å². The Morgan fingerprint density at radius 3 is 3.11 bits per heavy atom. The maximum Gasteiger partial charge on any atom is 0.237 e. The summed E-state index contributed by atoms with van der Waals surface area (Å²) in [7, 11) is 0. The van der Waals surface area contributed by atoms with Crippen LogP contribution in [0.4, 0.5) is 0 Å². The van der Waals surface area contributed by atoms with Crippen molar-refractivity contribution < 1.29 is 9.90 Å². The maximum absolute atomic E-state index is 12.3. The van der Waals surface area contributed by atoms with Gasteiger partial charge in [-0.3, -0.25) is 4.79 Å². The number of aryl methyl sites for hydroxylation is 1. The van der Waals surface area contributed by atoms with Gasteiger partial charge in [0.25, 0.3) is 0 Å². The average molecular weight is 279 g/mol. The highest BCUT2D eigenvalue weighted by molar-refractivity contribution is 8.00. The van der Waals surface area contributed by atoms with Gasteiger partial charge in [-0.15, -0.1) is 11.8 Å². The zero-order valence-electron chi connectivity index (χ0n) is 11.3. The first-order valence-corrected chi connectivity index (χ1v) is 7.85. The number of carbonyl (C=O) groups excluding carboxylic acids is 1.